The summed E-state index contributed by atoms with van der Waals surface area (Å²) in [6.07, 6.45) is 1.80. The number of hydrogen-bond donors (Lipinski definition) is 1. The fourth-order valence-electron chi connectivity index (χ4n) is 4.64. The third-order valence-corrected chi connectivity index (χ3v) is 6.09. The molecule has 2 unspecified atom stereocenters. The fraction of sp³-hybridized carbons (Fsp3) is 0.375. The number of methoxy groups -OCH3 is 1. The normalized spacial score (nSPS) is 22.4. The number of nitrogens with one attached hydrogen (secondary N) is 1. The zero-order valence-electron chi connectivity index (χ0n) is 16.9. The minimum absolute atomic E-state index is 0.131. The summed E-state index contributed by atoms with van der Waals surface area (Å²) >= 11 is 0. The van der Waals surface area contributed by atoms with Crippen LogP contribution in [-0.4, -0.2) is 31.0 Å². The van der Waals surface area contributed by atoms with Gasteiger partial charge in [-0.15, -0.1) is 0 Å². The van der Waals surface area contributed by atoms with Gasteiger partial charge in [0.25, 0.3) is 0 Å². The Balaban J connectivity index is 1.54. The maximum absolute atomic E-state index is 13.5. The van der Waals surface area contributed by atoms with Crippen molar-refractivity contribution >= 4 is 17.8 Å². The first kappa shape index (κ1) is 20.1. The van der Waals surface area contributed by atoms with Gasteiger partial charge in [0.2, 0.25) is 0 Å². The average Bonchev–Trinajstić information content (AvgIpc) is 2.92. The van der Waals surface area contributed by atoms with E-state index in [1.54, 1.807) is 0 Å². The minimum atomic E-state index is -0.705. The third kappa shape index (κ3) is 3.95. The first-order valence-electron chi connectivity index (χ1n) is 10.3. The smallest absolute Gasteiger partial charge is 0.408 e. The van der Waals surface area contributed by atoms with E-state index in [2.05, 4.69) is 5.32 Å². The van der Waals surface area contributed by atoms with E-state index in [1.807, 2.05) is 48.5 Å². The zero-order valence-corrected chi connectivity index (χ0v) is 16.9. The SMILES string of the molecule is COC(=O)C1CCc2cccc3c2C1C(=O)[C@@H](NC(=O)OCc1ccccc1)CC3. The summed E-state index contributed by atoms with van der Waals surface area (Å²) in [5.74, 6) is -1.65. The predicted molar refractivity (Wildman–Crippen MR) is 110 cm³/mol. The van der Waals surface area contributed by atoms with E-state index >= 15 is 0 Å². The van der Waals surface area contributed by atoms with Crippen LogP contribution >= 0.6 is 0 Å². The summed E-state index contributed by atoms with van der Waals surface area (Å²) in [5, 5.41) is 2.74. The summed E-state index contributed by atoms with van der Waals surface area (Å²) in [4.78, 5) is 38.3. The number of amides is 1. The number of esters is 1. The minimum Gasteiger partial charge on any atom is -0.469 e. The Morgan fingerprint density at radius 3 is 2.40 bits per heavy atom. The van der Waals surface area contributed by atoms with Gasteiger partial charge in [-0.3, -0.25) is 9.59 Å². The first-order valence-corrected chi connectivity index (χ1v) is 10.3. The maximum atomic E-state index is 13.5. The molecule has 1 N–H and O–H groups in total. The number of ketones is 1. The van der Waals surface area contributed by atoms with Crippen molar-refractivity contribution in [1.29, 1.82) is 0 Å². The van der Waals surface area contributed by atoms with Crippen LogP contribution in [0.1, 0.15) is 41.0 Å². The number of aryl methyl sites for hydroxylation is 2. The van der Waals surface area contributed by atoms with Crippen LogP contribution in [0.15, 0.2) is 48.5 Å². The van der Waals surface area contributed by atoms with Crippen molar-refractivity contribution in [3.8, 4) is 0 Å². The number of rotatable bonds is 4. The molecular formula is C24H25NO5. The molecule has 0 bridgehead atoms. The fourth-order valence-corrected chi connectivity index (χ4v) is 4.64. The van der Waals surface area contributed by atoms with Gasteiger partial charge in [0.1, 0.15) is 6.61 Å². The first-order chi connectivity index (χ1) is 14.6. The highest BCUT2D eigenvalue weighted by molar-refractivity contribution is 5.97. The quantitative estimate of drug-likeness (QED) is 0.787. The Morgan fingerprint density at radius 1 is 1.00 bits per heavy atom. The third-order valence-electron chi connectivity index (χ3n) is 6.09. The van der Waals surface area contributed by atoms with Crippen LogP contribution in [0, 0.1) is 5.92 Å². The Bertz CT molecular complexity index is 955. The molecule has 6 nitrogen and oxygen atoms in total. The molecule has 156 valence electrons. The van der Waals surface area contributed by atoms with Gasteiger partial charge < -0.3 is 14.8 Å². The van der Waals surface area contributed by atoms with Crippen molar-refractivity contribution in [1.82, 2.24) is 5.32 Å². The predicted octanol–water partition coefficient (Wildman–Crippen LogP) is 3.32. The van der Waals surface area contributed by atoms with E-state index in [9.17, 15) is 14.4 Å². The van der Waals surface area contributed by atoms with E-state index in [1.165, 1.54) is 7.11 Å². The van der Waals surface area contributed by atoms with Crippen LogP contribution in [0.4, 0.5) is 4.79 Å². The van der Waals surface area contributed by atoms with Crippen molar-refractivity contribution in [3.05, 3.63) is 70.8 Å². The summed E-state index contributed by atoms with van der Waals surface area (Å²) in [6, 6.07) is 14.7. The highest BCUT2D eigenvalue weighted by atomic mass is 16.5. The van der Waals surface area contributed by atoms with Crippen LogP contribution < -0.4 is 5.32 Å². The average molecular weight is 407 g/mol. The molecule has 6 heteroatoms. The molecule has 1 amide bonds. The van der Waals surface area contributed by atoms with Gasteiger partial charge in [-0.1, -0.05) is 48.5 Å². The molecule has 0 saturated carbocycles. The molecule has 2 aliphatic rings. The molecule has 30 heavy (non-hydrogen) atoms. The van der Waals surface area contributed by atoms with Gasteiger partial charge in [-0.25, -0.2) is 4.79 Å². The monoisotopic (exact) mass is 407 g/mol. The van der Waals surface area contributed by atoms with Crippen molar-refractivity contribution < 1.29 is 23.9 Å². The summed E-state index contributed by atoms with van der Waals surface area (Å²) < 4.78 is 10.3. The molecule has 2 aromatic rings. The standard InChI is InChI=1S/C24H25NO5/c1-29-23(27)18-12-10-16-8-5-9-17-11-13-19(22(26)21(18)20(16)17)25-24(28)30-14-15-6-3-2-4-7-15/h2-9,18-19,21H,10-14H2,1H3,(H,25,28)/t18?,19-,21?/m0/s1. The van der Waals surface area contributed by atoms with Crippen LogP contribution in [0.2, 0.25) is 0 Å². The van der Waals surface area contributed by atoms with Crippen LogP contribution in [-0.2, 0) is 38.5 Å². The van der Waals surface area contributed by atoms with Gasteiger partial charge in [0.05, 0.1) is 25.0 Å². The number of carbonyl (C=O) groups is 3. The Labute approximate surface area is 175 Å². The molecule has 0 fully saturated rings. The van der Waals surface area contributed by atoms with Crippen LogP contribution in [0.5, 0.6) is 0 Å². The molecule has 2 aliphatic carbocycles. The van der Waals surface area contributed by atoms with E-state index in [0.29, 0.717) is 19.3 Å². The Hall–Kier alpha value is -3.15. The Kier molecular flexibility index (Phi) is 5.84. The molecule has 3 atom stereocenters. The largest absolute Gasteiger partial charge is 0.469 e. The molecule has 0 spiro atoms. The van der Waals surface area contributed by atoms with E-state index in [-0.39, 0.29) is 18.4 Å². The molecule has 0 aromatic heterocycles. The molecular weight excluding hydrogens is 382 g/mol. The lowest BCUT2D eigenvalue weighted by atomic mass is 9.71. The lowest BCUT2D eigenvalue weighted by Gasteiger charge is -2.32. The van der Waals surface area contributed by atoms with Gasteiger partial charge in [-0.2, -0.15) is 0 Å². The van der Waals surface area contributed by atoms with Crippen molar-refractivity contribution in [2.24, 2.45) is 5.92 Å². The number of hydrogen-bond acceptors (Lipinski definition) is 5. The highest BCUT2D eigenvalue weighted by Crippen LogP contribution is 2.42. The number of alkyl carbamates (subject to hydrolysis) is 1. The molecule has 0 aliphatic heterocycles. The second-order valence-corrected chi connectivity index (χ2v) is 7.84. The van der Waals surface area contributed by atoms with E-state index in [0.717, 1.165) is 28.7 Å². The van der Waals surface area contributed by atoms with E-state index < -0.39 is 24.0 Å². The van der Waals surface area contributed by atoms with Gasteiger partial charge >= 0.3 is 12.1 Å². The van der Waals surface area contributed by atoms with Gasteiger partial charge in [0.15, 0.2) is 5.78 Å². The Morgan fingerprint density at radius 2 is 1.70 bits per heavy atom. The molecule has 0 radical (unpaired) electrons. The summed E-state index contributed by atoms with van der Waals surface area (Å²) in [7, 11) is 1.35. The van der Waals surface area contributed by atoms with Crippen LogP contribution in [0.25, 0.3) is 0 Å². The lowest BCUT2D eigenvalue weighted by Crippen LogP contribution is -2.45. The van der Waals surface area contributed by atoms with Gasteiger partial charge in [0, 0.05) is 0 Å². The van der Waals surface area contributed by atoms with Crippen molar-refractivity contribution in [3.63, 3.8) is 0 Å². The maximum Gasteiger partial charge on any atom is 0.408 e. The van der Waals surface area contributed by atoms with Crippen molar-refractivity contribution in [2.45, 2.75) is 44.2 Å². The topological polar surface area (TPSA) is 81.7 Å². The zero-order chi connectivity index (χ0) is 21.1. The van der Waals surface area contributed by atoms with Gasteiger partial charge in [-0.05, 0) is 47.9 Å². The van der Waals surface area contributed by atoms with Crippen LogP contribution in [0.3, 0.4) is 0 Å². The number of carbonyl (C=O) groups excluding carboxylic acids is 3. The summed E-state index contributed by atoms with van der Waals surface area (Å²) in [5.41, 5.74) is 4.00. The molecule has 0 saturated heterocycles. The number of Topliss-reactive ketones (excluding diaryl/α,β-unsaturated/α-hetero) is 1. The number of ether oxygens (including phenoxy) is 2. The second kappa shape index (κ2) is 8.69. The summed E-state index contributed by atoms with van der Waals surface area (Å²) in [6.45, 7) is 0.131. The lowest BCUT2D eigenvalue weighted by molar-refractivity contribution is -0.149. The highest BCUT2D eigenvalue weighted by Gasteiger charge is 2.45. The molecule has 4 rings (SSSR count). The number of benzene rings is 2. The second-order valence-electron chi connectivity index (χ2n) is 7.84. The molecule has 2 aromatic carbocycles. The van der Waals surface area contributed by atoms with E-state index in [4.69, 9.17) is 9.47 Å². The molecule has 0 heterocycles. The van der Waals surface area contributed by atoms with Crippen molar-refractivity contribution in [2.75, 3.05) is 7.11 Å².